The lowest BCUT2D eigenvalue weighted by Gasteiger charge is -2.08. The number of rotatable bonds is 10. The number of aromatic nitrogens is 4. The summed E-state index contributed by atoms with van der Waals surface area (Å²) in [4.78, 5) is 42.3. The first-order valence-corrected chi connectivity index (χ1v) is 8.93. The number of nitrogens with one attached hydrogen (secondary N) is 1. The molecule has 0 spiro atoms. The molecule has 138 valence electrons. The van der Waals surface area contributed by atoms with Gasteiger partial charge in [-0.2, -0.15) is 0 Å². The monoisotopic (exact) mass is 350 g/mol. The average molecular weight is 350 g/mol. The molecule has 0 aliphatic heterocycles. The van der Waals surface area contributed by atoms with Gasteiger partial charge in [0.2, 0.25) is 0 Å². The van der Waals surface area contributed by atoms with Crippen LogP contribution in [0.3, 0.4) is 0 Å². The van der Waals surface area contributed by atoms with E-state index in [2.05, 4.69) is 16.9 Å². The fourth-order valence-corrected chi connectivity index (χ4v) is 2.91. The molecule has 8 nitrogen and oxygen atoms in total. The van der Waals surface area contributed by atoms with Gasteiger partial charge in [0, 0.05) is 19.5 Å². The van der Waals surface area contributed by atoms with Crippen LogP contribution in [0.15, 0.2) is 9.59 Å². The summed E-state index contributed by atoms with van der Waals surface area (Å²) in [6.07, 6.45) is 4.80. The minimum atomic E-state index is -0.913. The summed E-state index contributed by atoms with van der Waals surface area (Å²) in [5, 5.41) is 8.96. The molecule has 0 aliphatic rings. The fourth-order valence-electron chi connectivity index (χ4n) is 2.91. The minimum Gasteiger partial charge on any atom is -0.481 e. The van der Waals surface area contributed by atoms with Crippen LogP contribution in [-0.2, 0) is 24.3 Å². The Balaban J connectivity index is 2.57. The molecule has 2 aromatic heterocycles. The Morgan fingerprint density at radius 3 is 2.40 bits per heavy atom. The third kappa shape index (κ3) is 4.37. The van der Waals surface area contributed by atoms with E-state index in [0.29, 0.717) is 30.1 Å². The zero-order valence-electron chi connectivity index (χ0n) is 14.9. The smallest absolute Gasteiger partial charge is 0.330 e. The highest BCUT2D eigenvalue weighted by atomic mass is 16.4. The normalized spacial score (nSPS) is 11.3. The zero-order valence-corrected chi connectivity index (χ0v) is 14.9. The molecule has 0 unspecified atom stereocenters. The van der Waals surface area contributed by atoms with E-state index >= 15 is 0 Å². The molecule has 2 N–H and O–H groups in total. The Morgan fingerprint density at radius 1 is 1.08 bits per heavy atom. The second-order valence-electron chi connectivity index (χ2n) is 6.22. The quantitative estimate of drug-likeness (QED) is 0.636. The third-order valence-electron chi connectivity index (χ3n) is 4.25. The lowest BCUT2D eigenvalue weighted by atomic mass is 10.2. The second-order valence-corrected chi connectivity index (χ2v) is 6.22. The SMILES string of the molecule is CCCCCn1c(CCC(=O)O)nc2c1c(=O)[nH]c(=O)n2CCCC. The van der Waals surface area contributed by atoms with Gasteiger partial charge in [-0.25, -0.2) is 9.78 Å². The van der Waals surface area contributed by atoms with E-state index < -0.39 is 17.2 Å². The van der Waals surface area contributed by atoms with Crippen molar-refractivity contribution in [3.63, 3.8) is 0 Å². The fraction of sp³-hybridized carbons (Fsp3) is 0.647. The lowest BCUT2D eigenvalue weighted by molar-refractivity contribution is -0.137. The number of imidazole rings is 1. The average Bonchev–Trinajstić information content (AvgIpc) is 2.92. The molecule has 0 atom stereocenters. The van der Waals surface area contributed by atoms with Crippen molar-refractivity contribution < 1.29 is 9.90 Å². The van der Waals surface area contributed by atoms with Crippen molar-refractivity contribution in [2.24, 2.45) is 0 Å². The van der Waals surface area contributed by atoms with Crippen molar-refractivity contribution in [3.8, 4) is 0 Å². The molecule has 0 bridgehead atoms. The molecule has 0 saturated carbocycles. The molecule has 25 heavy (non-hydrogen) atoms. The molecule has 0 radical (unpaired) electrons. The Bertz CT molecular complexity index is 847. The van der Waals surface area contributed by atoms with E-state index in [1.165, 1.54) is 4.57 Å². The number of hydrogen-bond acceptors (Lipinski definition) is 4. The highest BCUT2D eigenvalue weighted by Gasteiger charge is 2.18. The van der Waals surface area contributed by atoms with E-state index in [9.17, 15) is 14.4 Å². The first kappa shape index (κ1) is 19.0. The van der Waals surface area contributed by atoms with Crippen molar-refractivity contribution in [2.45, 2.75) is 71.9 Å². The first-order chi connectivity index (χ1) is 12.0. The number of hydrogen-bond donors (Lipinski definition) is 2. The van der Waals surface area contributed by atoms with Crippen LogP contribution < -0.4 is 11.2 Å². The van der Waals surface area contributed by atoms with Gasteiger partial charge >= 0.3 is 11.7 Å². The lowest BCUT2D eigenvalue weighted by Crippen LogP contribution is -2.31. The Kier molecular flexibility index (Phi) is 6.55. The van der Waals surface area contributed by atoms with Crippen molar-refractivity contribution >= 4 is 17.1 Å². The van der Waals surface area contributed by atoms with Crippen LogP contribution in [0.1, 0.15) is 58.2 Å². The van der Waals surface area contributed by atoms with Gasteiger partial charge in [0.25, 0.3) is 5.56 Å². The van der Waals surface area contributed by atoms with Crippen molar-refractivity contribution in [2.75, 3.05) is 0 Å². The number of aryl methyl sites for hydroxylation is 3. The molecule has 8 heteroatoms. The van der Waals surface area contributed by atoms with Gasteiger partial charge in [0.1, 0.15) is 5.82 Å². The number of H-pyrrole nitrogens is 1. The van der Waals surface area contributed by atoms with E-state index in [0.717, 1.165) is 32.1 Å². The number of fused-ring (bicyclic) bond motifs is 1. The topological polar surface area (TPSA) is 110 Å². The second kappa shape index (κ2) is 8.64. The zero-order chi connectivity index (χ0) is 18.4. The number of carboxylic acid groups (broad SMARTS) is 1. The molecular weight excluding hydrogens is 324 g/mol. The summed E-state index contributed by atoms with van der Waals surface area (Å²) in [6, 6.07) is 0. The predicted octanol–water partition coefficient (Wildman–Crippen LogP) is 1.89. The highest BCUT2D eigenvalue weighted by Crippen LogP contribution is 2.15. The number of carboxylic acids is 1. The molecule has 2 aromatic rings. The minimum absolute atomic E-state index is 0.0613. The Labute approximate surface area is 145 Å². The molecule has 0 aliphatic carbocycles. The summed E-state index contributed by atoms with van der Waals surface area (Å²) in [7, 11) is 0. The summed E-state index contributed by atoms with van der Waals surface area (Å²) in [5.74, 6) is -0.362. The summed E-state index contributed by atoms with van der Waals surface area (Å²) < 4.78 is 3.27. The van der Waals surface area contributed by atoms with E-state index in [4.69, 9.17) is 5.11 Å². The molecule has 0 saturated heterocycles. The number of unbranched alkanes of at least 4 members (excludes halogenated alkanes) is 3. The highest BCUT2D eigenvalue weighted by molar-refractivity contribution is 5.71. The van der Waals surface area contributed by atoms with E-state index in [-0.39, 0.29) is 12.8 Å². The van der Waals surface area contributed by atoms with Gasteiger partial charge in [-0.3, -0.25) is 19.1 Å². The number of aromatic amines is 1. The molecule has 0 fully saturated rings. The van der Waals surface area contributed by atoms with Crippen LogP contribution in [0.25, 0.3) is 11.2 Å². The van der Waals surface area contributed by atoms with E-state index in [1.54, 1.807) is 4.57 Å². The first-order valence-electron chi connectivity index (χ1n) is 8.93. The van der Waals surface area contributed by atoms with Gasteiger partial charge in [0.15, 0.2) is 11.2 Å². The van der Waals surface area contributed by atoms with Gasteiger partial charge in [-0.05, 0) is 12.8 Å². The Hall–Kier alpha value is -2.38. The standard InChI is InChI=1S/C17H26N4O4/c1-3-5-7-11-20-12(8-9-13(22)23)18-15-14(20)16(24)19-17(25)21(15)10-6-4-2/h3-11H2,1-2H3,(H,22,23)(H,19,24,25). The van der Waals surface area contributed by atoms with Crippen LogP contribution in [-0.4, -0.2) is 30.2 Å². The van der Waals surface area contributed by atoms with Gasteiger partial charge in [-0.15, -0.1) is 0 Å². The Morgan fingerprint density at radius 2 is 1.76 bits per heavy atom. The summed E-state index contributed by atoms with van der Waals surface area (Å²) in [6.45, 7) is 5.18. The molecule has 0 aromatic carbocycles. The van der Waals surface area contributed by atoms with Crippen molar-refractivity contribution in [1.82, 2.24) is 19.1 Å². The molecular formula is C17H26N4O4. The largest absolute Gasteiger partial charge is 0.481 e. The van der Waals surface area contributed by atoms with Gasteiger partial charge < -0.3 is 9.67 Å². The van der Waals surface area contributed by atoms with Gasteiger partial charge in [0.05, 0.1) is 6.42 Å². The summed E-state index contributed by atoms with van der Waals surface area (Å²) >= 11 is 0. The van der Waals surface area contributed by atoms with Crippen molar-refractivity contribution in [3.05, 3.63) is 26.7 Å². The molecule has 2 heterocycles. The maximum atomic E-state index is 12.4. The summed E-state index contributed by atoms with van der Waals surface area (Å²) in [5.41, 5.74) is -0.196. The third-order valence-corrected chi connectivity index (χ3v) is 4.25. The number of carbonyl (C=O) groups is 1. The van der Waals surface area contributed by atoms with Crippen LogP contribution in [0, 0.1) is 0 Å². The van der Waals surface area contributed by atoms with Crippen LogP contribution in [0.5, 0.6) is 0 Å². The van der Waals surface area contributed by atoms with Gasteiger partial charge in [-0.1, -0.05) is 33.1 Å². The maximum Gasteiger partial charge on any atom is 0.330 e. The van der Waals surface area contributed by atoms with Crippen LogP contribution in [0.2, 0.25) is 0 Å². The predicted molar refractivity (Wildman–Crippen MR) is 95.0 cm³/mol. The number of aliphatic carboxylic acids is 1. The molecule has 2 rings (SSSR count). The van der Waals surface area contributed by atoms with Crippen LogP contribution >= 0.6 is 0 Å². The molecule has 0 amide bonds. The van der Waals surface area contributed by atoms with E-state index in [1.807, 2.05) is 6.92 Å². The number of nitrogens with zero attached hydrogens (tertiary/aromatic N) is 3. The van der Waals surface area contributed by atoms with Crippen molar-refractivity contribution in [1.29, 1.82) is 0 Å². The van der Waals surface area contributed by atoms with Crippen LogP contribution in [0.4, 0.5) is 0 Å². The maximum absolute atomic E-state index is 12.4.